The van der Waals surface area contributed by atoms with Gasteiger partial charge in [0.05, 0.1) is 12.8 Å². The first kappa shape index (κ1) is 23.6. The van der Waals surface area contributed by atoms with E-state index < -0.39 is 5.97 Å². The van der Waals surface area contributed by atoms with Crippen LogP contribution < -0.4 is 4.74 Å². The Labute approximate surface area is 200 Å². The molecule has 8 heteroatoms. The predicted octanol–water partition coefficient (Wildman–Crippen LogP) is 4.04. The first-order valence-electron chi connectivity index (χ1n) is 11.9. The smallest absolute Gasteiger partial charge is 0.303 e. The molecule has 1 fully saturated rings. The summed E-state index contributed by atoms with van der Waals surface area (Å²) in [5, 5.41) is 15.6. The van der Waals surface area contributed by atoms with Crippen molar-refractivity contribution in [1.82, 2.24) is 15.1 Å². The zero-order chi connectivity index (χ0) is 23.9. The minimum atomic E-state index is -0.763. The molecule has 1 aliphatic carbocycles. The molecule has 34 heavy (non-hydrogen) atoms. The molecule has 1 aromatic heterocycles. The quantitative estimate of drug-likeness (QED) is 0.315. The molecule has 1 atom stereocenters. The van der Waals surface area contributed by atoms with Gasteiger partial charge in [-0.05, 0) is 55.9 Å². The standard InChI is InChI=1S/C26H30BN3O4/c27-25(22-6-3-4-7-23(22)34-15-5-1-2-8-24(31)32)30(21-13-14-21)26(33)19-11-9-18(10-12-19)20-16-28-29-17-20/h3-4,6-7,9-12,16-17,21,25H,1-2,5,8,13-15,27H2,(H,28,29)(H,31,32). The van der Waals surface area contributed by atoms with Gasteiger partial charge in [-0.15, -0.1) is 0 Å². The summed E-state index contributed by atoms with van der Waals surface area (Å²) in [5.74, 6) is -0.0861. The highest BCUT2D eigenvalue weighted by Gasteiger charge is 2.37. The number of carboxylic acid groups (broad SMARTS) is 1. The zero-order valence-corrected chi connectivity index (χ0v) is 19.4. The summed E-state index contributed by atoms with van der Waals surface area (Å²) in [4.78, 5) is 26.2. The van der Waals surface area contributed by atoms with Crippen molar-refractivity contribution >= 4 is 19.7 Å². The third-order valence-corrected chi connectivity index (χ3v) is 6.22. The van der Waals surface area contributed by atoms with Crippen LogP contribution in [0.1, 0.15) is 60.4 Å². The summed E-state index contributed by atoms with van der Waals surface area (Å²) < 4.78 is 6.06. The number of nitrogens with zero attached hydrogens (tertiary/aromatic N) is 2. The molecule has 176 valence electrons. The van der Waals surface area contributed by atoms with Crippen molar-refractivity contribution in [2.24, 2.45) is 0 Å². The Hall–Kier alpha value is -3.55. The molecular weight excluding hydrogens is 429 g/mol. The number of nitrogens with one attached hydrogen (secondary N) is 1. The monoisotopic (exact) mass is 459 g/mol. The lowest BCUT2D eigenvalue weighted by atomic mass is 9.86. The van der Waals surface area contributed by atoms with E-state index >= 15 is 0 Å². The lowest BCUT2D eigenvalue weighted by molar-refractivity contribution is -0.137. The second-order valence-corrected chi connectivity index (χ2v) is 8.77. The fourth-order valence-corrected chi connectivity index (χ4v) is 4.22. The molecule has 3 aromatic rings. The molecule has 1 amide bonds. The first-order chi connectivity index (χ1) is 16.5. The molecule has 0 aliphatic heterocycles. The van der Waals surface area contributed by atoms with Crippen LogP contribution in [0.25, 0.3) is 11.1 Å². The molecule has 7 nitrogen and oxygen atoms in total. The van der Waals surface area contributed by atoms with Crippen molar-refractivity contribution < 1.29 is 19.4 Å². The number of aromatic nitrogens is 2. The van der Waals surface area contributed by atoms with Crippen LogP contribution in [0.15, 0.2) is 60.9 Å². The van der Waals surface area contributed by atoms with Crippen molar-refractivity contribution in [2.75, 3.05) is 6.61 Å². The number of ether oxygens (including phenoxy) is 1. The number of rotatable bonds is 12. The number of H-pyrrole nitrogens is 1. The molecule has 1 saturated carbocycles. The molecule has 2 N–H and O–H groups in total. The van der Waals surface area contributed by atoms with Gasteiger partial charge in [0.25, 0.3) is 5.91 Å². The van der Waals surface area contributed by atoms with Gasteiger partial charge in [-0.2, -0.15) is 5.10 Å². The van der Waals surface area contributed by atoms with Gasteiger partial charge < -0.3 is 14.7 Å². The van der Waals surface area contributed by atoms with E-state index in [1.807, 2.05) is 59.6 Å². The molecule has 2 aromatic carbocycles. The number of carbonyl (C=O) groups excluding carboxylic acids is 1. The molecule has 0 bridgehead atoms. The van der Waals surface area contributed by atoms with E-state index in [1.54, 1.807) is 6.20 Å². The Morgan fingerprint density at radius 2 is 1.85 bits per heavy atom. The van der Waals surface area contributed by atoms with Gasteiger partial charge in [0.2, 0.25) is 0 Å². The fourth-order valence-electron chi connectivity index (χ4n) is 4.22. The number of carbonyl (C=O) groups is 2. The Balaban J connectivity index is 1.44. The van der Waals surface area contributed by atoms with Crippen molar-refractivity contribution in [2.45, 2.75) is 50.5 Å². The van der Waals surface area contributed by atoms with Crippen molar-refractivity contribution in [1.29, 1.82) is 0 Å². The van der Waals surface area contributed by atoms with Crippen LogP contribution in [-0.4, -0.2) is 52.6 Å². The average Bonchev–Trinajstić information content (AvgIpc) is 3.52. The lowest BCUT2D eigenvalue weighted by Gasteiger charge is -2.31. The summed E-state index contributed by atoms with van der Waals surface area (Å²) in [6.07, 6.45) is 8.06. The molecule has 0 saturated heterocycles. The number of hydrogen-bond donors (Lipinski definition) is 2. The number of amides is 1. The first-order valence-corrected chi connectivity index (χ1v) is 11.9. The maximum Gasteiger partial charge on any atom is 0.303 e. The largest absolute Gasteiger partial charge is 0.493 e. The van der Waals surface area contributed by atoms with Crippen LogP contribution in [0, 0.1) is 0 Å². The minimum absolute atomic E-state index is 0.0252. The average molecular weight is 459 g/mol. The summed E-state index contributed by atoms with van der Waals surface area (Å²) in [6.45, 7) is 0.524. The van der Waals surface area contributed by atoms with E-state index in [4.69, 9.17) is 9.84 Å². The Kier molecular flexibility index (Phi) is 7.67. The van der Waals surface area contributed by atoms with Gasteiger partial charge in [0.1, 0.15) is 13.6 Å². The highest BCUT2D eigenvalue weighted by atomic mass is 16.5. The van der Waals surface area contributed by atoms with Crippen LogP contribution in [-0.2, 0) is 4.79 Å². The highest BCUT2D eigenvalue weighted by molar-refractivity contribution is 6.14. The van der Waals surface area contributed by atoms with Gasteiger partial charge in [-0.3, -0.25) is 14.7 Å². The molecular formula is C26H30BN3O4. The molecule has 0 radical (unpaired) electrons. The number of carboxylic acids is 1. The van der Waals surface area contributed by atoms with Crippen LogP contribution in [0.3, 0.4) is 0 Å². The number of hydrogen-bond acceptors (Lipinski definition) is 4. The van der Waals surface area contributed by atoms with Crippen LogP contribution in [0.5, 0.6) is 5.75 Å². The number of aromatic amines is 1. The van der Waals surface area contributed by atoms with Crippen LogP contribution >= 0.6 is 0 Å². The summed E-state index contributed by atoms with van der Waals surface area (Å²) in [7, 11) is 2.06. The van der Waals surface area contributed by atoms with Crippen molar-refractivity contribution in [3.63, 3.8) is 0 Å². The van der Waals surface area contributed by atoms with E-state index in [-0.39, 0.29) is 24.3 Å². The van der Waals surface area contributed by atoms with E-state index in [0.717, 1.165) is 48.1 Å². The van der Waals surface area contributed by atoms with Gasteiger partial charge in [-0.1, -0.05) is 30.3 Å². The predicted molar refractivity (Wildman–Crippen MR) is 133 cm³/mol. The Bertz CT molecular complexity index is 1100. The number of benzene rings is 2. The summed E-state index contributed by atoms with van der Waals surface area (Å²) in [5.41, 5.74) is 3.66. The lowest BCUT2D eigenvalue weighted by Crippen LogP contribution is -2.37. The topological polar surface area (TPSA) is 95.5 Å². The number of unbranched alkanes of at least 4 members (excludes halogenated alkanes) is 2. The van der Waals surface area contributed by atoms with Crippen molar-refractivity contribution in [3.05, 3.63) is 72.1 Å². The molecule has 1 unspecified atom stereocenters. The number of aliphatic carboxylic acids is 1. The highest BCUT2D eigenvalue weighted by Crippen LogP contribution is 2.37. The Morgan fingerprint density at radius 3 is 2.53 bits per heavy atom. The summed E-state index contributed by atoms with van der Waals surface area (Å²) in [6, 6.07) is 15.8. The van der Waals surface area contributed by atoms with Crippen LogP contribution in [0.2, 0.25) is 0 Å². The molecule has 4 rings (SSSR count). The van der Waals surface area contributed by atoms with Crippen LogP contribution in [0.4, 0.5) is 0 Å². The van der Waals surface area contributed by atoms with E-state index in [2.05, 4.69) is 18.0 Å². The van der Waals surface area contributed by atoms with Gasteiger partial charge in [-0.25, -0.2) is 0 Å². The van der Waals surface area contributed by atoms with E-state index in [1.165, 1.54) is 0 Å². The van der Waals surface area contributed by atoms with Gasteiger partial charge in [0.15, 0.2) is 0 Å². The SMILES string of the molecule is BC(c1ccccc1OCCCCCC(=O)O)N(C(=O)c1ccc(-c2cn[nH]c2)cc1)C1CC1. The van der Waals surface area contributed by atoms with E-state index in [0.29, 0.717) is 18.6 Å². The summed E-state index contributed by atoms with van der Waals surface area (Å²) >= 11 is 0. The van der Waals surface area contributed by atoms with Gasteiger partial charge in [0, 0.05) is 41.3 Å². The maximum absolute atomic E-state index is 13.6. The van der Waals surface area contributed by atoms with Crippen molar-refractivity contribution in [3.8, 4) is 16.9 Å². The molecule has 1 heterocycles. The Morgan fingerprint density at radius 1 is 1.09 bits per heavy atom. The normalized spacial score (nSPS) is 13.9. The zero-order valence-electron chi connectivity index (χ0n) is 19.4. The third-order valence-electron chi connectivity index (χ3n) is 6.22. The molecule has 1 aliphatic rings. The second-order valence-electron chi connectivity index (χ2n) is 8.77. The minimum Gasteiger partial charge on any atom is -0.493 e. The maximum atomic E-state index is 13.6. The fraction of sp³-hybridized carbons (Fsp3) is 0.346. The molecule has 0 spiro atoms. The van der Waals surface area contributed by atoms with E-state index in [9.17, 15) is 9.59 Å². The number of para-hydroxylation sites is 1. The second kappa shape index (κ2) is 11.1. The third kappa shape index (κ3) is 5.87. The van der Waals surface area contributed by atoms with Gasteiger partial charge >= 0.3 is 5.97 Å².